The third-order valence-corrected chi connectivity index (χ3v) is 6.80. The molecule has 0 unspecified atom stereocenters. The average Bonchev–Trinajstić information content (AvgIpc) is 3.18. The molecule has 0 N–H and O–H groups in total. The van der Waals surface area contributed by atoms with Crippen LogP contribution in [-0.2, 0) is 0 Å². The number of hydrogen-bond acceptors (Lipinski definition) is 0. The highest BCUT2D eigenvalue weighted by atomic mass is 15.0. The molecule has 32 heavy (non-hydrogen) atoms. The van der Waals surface area contributed by atoms with Gasteiger partial charge in [-0.05, 0) is 57.6 Å². The summed E-state index contributed by atoms with van der Waals surface area (Å²) in [7, 11) is 0. The van der Waals surface area contributed by atoms with E-state index < -0.39 is 0 Å². The zero-order valence-electron chi connectivity index (χ0n) is 17.8. The zero-order valence-corrected chi connectivity index (χ0v) is 17.8. The van der Waals surface area contributed by atoms with Crippen molar-refractivity contribution in [3.8, 4) is 5.69 Å². The average molecular weight is 408 g/mol. The van der Waals surface area contributed by atoms with Gasteiger partial charge in [0.2, 0.25) is 0 Å². The second kappa shape index (κ2) is 6.45. The van der Waals surface area contributed by atoms with E-state index in [0.717, 1.165) is 0 Å². The molecule has 0 saturated carbocycles. The SMILES string of the molecule is Cc1cccc(-n2c3ccccc3c3ccc4c5ccccc5c5ccccc5c4c32)c1. The van der Waals surface area contributed by atoms with Gasteiger partial charge in [0.15, 0.2) is 0 Å². The Balaban J connectivity index is 1.85. The molecule has 1 heterocycles. The monoisotopic (exact) mass is 407 g/mol. The molecular weight excluding hydrogens is 386 g/mol. The number of aryl methyl sites for hydroxylation is 1. The van der Waals surface area contributed by atoms with Gasteiger partial charge in [0.05, 0.1) is 11.0 Å². The number of fused-ring (bicyclic) bond motifs is 10. The molecule has 0 aliphatic carbocycles. The van der Waals surface area contributed by atoms with Gasteiger partial charge in [0.25, 0.3) is 0 Å². The molecule has 0 fully saturated rings. The maximum atomic E-state index is 2.46. The number of benzene rings is 6. The molecule has 0 aliphatic heterocycles. The highest BCUT2D eigenvalue weighted by Crippen LogP contribution is 2.42. The zero-order chi connectivity index (χ0) is 21.2. The Bertz CT molecular complexity index is 1800. The molecule has 0 amide bonds. The fraction of sp³-hybridized carbons (Fsp3) is 0.0323. The van der Waals surface area contributed by atoms with Crippen LogP contribution in [0.3, 0.4) is 0 Å². The van der Waals surface area contributed by atoms with Gasteiger partial charge in [0, 0.05) is 21.8 Å². The van der Waals surface area contributed by atoms with Gasteiger partial charge in [-0.25, -0.2) is 0 Å². The first-order chi connectivity index (χ1) is 15.8. The van der Waals surface area contributed by atoms with Crippen molar-refractivity contribution in [1.29, 1.82) is 0 Å². The standard InChI is InChI=1S/C31H21N/c1-20-9-8-10-21(19-20)32-29-16-7-6-14-25(29)28-18-17-27-24-13-3-2-11-22(24)23-12-4-5-15-26(23)30(27)31(28)32/h2-19H,1H3. The normalized spacial score (nSPS) is 11.9. The van der Waals surface area contributed by atoms with Crippen LogP contribution in [-0.4, -0.2) is 4.57 Å². The molecule has 150 valence electrons. The van der Waals surface area contributed by atoms with E-state index in [1.54, 1.807) is 0 Å². The minimum absolute atomic E-state index is 1.21. The van der Waals surface area contributed by atoms with E-state index in [1.807, 2.05) is 0 Å². The smallest absolute Gasteiger partial charge is 0.0625 e. The Morgan fingerprint density at radius 1 is 0.469 bits per heavy atom. The van der Waals surface area contributed by atoms with Crippen LogP contribution < -0.4 is 0 Å². The van der Waals surface area contributed by atoms with Gasteiger partial charge >= 0.3 is 0 Å². The summed E-state index contributed by atoms with van der Waals surface area (Å²) in [6.07, 6.45) is 0. The van der Waals surface area contributed by atoms with Crippen LogP contribution in [0, 0.1) is 6.92 Å². The Kier molecular flexibility index (Phi) is 3.54. The maximum Gasteiger partial charge on any atom is 0.0625 e. The highest BCUT2D eigenvalue weighted by molar-refractivity contribution is 6.33. The van der Waals surface area contributed by atoms with E-state index in [1.165, 1.54) is 65.4 Å². The van der Waals surface area contributed by atoms with Crippen molar-refractivity contribution in [2.45, 2.75) is 6.92 Å². The van der Waals surface area contributed by atoms with Gasteiger partial charge in [-0.3, -0.25) is 0 Å². The topological polar surface area (TPSA) is 4.93 Å². The van der Waals surface area contributed by atoms with E-state index in [0.29, 0.717) is 0 Å². The van der Waals surface area contributed by atoms with E-state index >= 15 is 0 Å². The first-order valence-corrected chi connectivity index (χ1v) is 11.1. The lowest BCUT2D eigenvalue weighted by Crippen LogP contribution is -1.95. The van der Waals surface area contributed by atoms with Crippen molar-refractivity contribution in [2.75, 3.05) is 0 Å². The Morgan fingerprint density at radius 3 is 1.75 bits per heavy atom. The Labute approximate surface area is 186 Å². The maximum absolute atomic E-state index is 2.46. The summed E-state index contributed by atoms with van der Waals surface area (Å²) in [6.45, 7) is 2.17. The third kappa shape index (κ3) is 2.28. The molecule has 0 saturated heterocycles. The van der Waals surface area contributed by atoms with Crippen LogP contribution in [0.5, 0.6) is 0 Å². The molecule has 0 atom stereocenters. The van der Waals surface area contributed by atoms with Crippen LogP contribution in [0.4, 0.5) is 0 Å². The molecule has 1 aromatic heterocycles. The highest BCUT2D eigenvalue weighted by Gasteiger charge is 2.18. The molecular formula is C31H21N. The van der Waals surface area contributed by atoms with E-state index in [-0.39, 0.29) is 0 Å². The van der Waals surface area contributed by atoms with E-state index in [4.69, 9.17) is 0 Å². The van der Waals surface area contributed by atoms with Gasteiger partial charge in [-0.2, -0.15) is 0 Å². The molecule has 0 spiro atoms. The molecule has 1 heteroatoms. The fourth-order valence-electron chi connectivity index (χ4n) is 5.48. The quantitative estimate of drug-likeness (QED) is 0.240. The van der Waals surface area contributed by atoms with Crippen LogP contribution in [0.1, 0.15) is 5.56 Å². The van der Waals surface area contributed by atoms with Crippen LogP contribution in [0.25, 0.3) is 59.8 Å². The van der Waals surface area contributed by atoms with Gasteiger partial charge in [0.1, 0.15) is 0 Å². The third-order valence-electron chi connectivity index (χ3n) is 6.80. The van der Waals surface area contributed by atoms with Gasteiger partial charge < -0.3 is 4.57 Å². The Hall–Kier alpha value is -4.10. The number of aromatic nitrogens is 1. The van der Waals surface area contributed by atoms with Gasteiger partial charge in [-0.15, -0.1) is 0 Å². The summed E-state index contributed by atoms with van der Waals surface area (Å²) in [6, 6.07) is 39.9. The van der Waals surface area contributed by atoms with E-state index in [2.05, 4.69) is 121 Å². The summed E-state index contributed by atoms with van der Waals surface area (Å²) in [5.74, 6) is 0. The summed E-state index contributed by atoms with van der Waals surface area (Å²) in [5, 5.41) is 10.5. The lowest BCUT2D eigenvalue weighted by molar-refractivity contribution is 1.18. The summed E-state index contributed by atoms with van der Waals surface area (Å²) < 4.78 is 2.46. The van der Waals surface area contributed by atoms with Crippen molar-refractivity contribution >= 4 is 54.1 Å². The molecule has 1 nitrogen and oxygen atoms in total. The summed E-state index contributed by atoms with van der Waals surface area (Å²) >= 11 is 0. The first kappa shape index (κ1) is 17.6. The number of hydrogen-bond donors (Lipinski definition) is 0. The molecule has 7 aromatic rings. The molecule has 7 rings (SSSR count). The first-order valence-electron chi connectivity index (χ1n) is 11.1. The lowest BCUT2D eigenvalue weighted by atomic mass is 9.93. The number of para-hydroxylation sites is 1. The van der Waals surface area contributed by atoms with Crippen LogP contribution in [0.2, 0.25) is 0 Å². The number of rotatable bonds is 1. The predicted octanol–water partition coefficient (Wildman–Crippen LogP) is 8.55. The lowest BCUT2D eigenvalue weighted by Gasteiger charge is -2.14. The van der Waals surface area contributed by atoms with E-state index in [9.17, 15) is 0 Å². The van der Waals surface area contributed by atoms with Crippen LogP contribution >= 0.6 is 0 Å². The molecule has 0 aliphatic rings. The number of nitrogens with zero attached hydrogens (tertiary/aromatic N) is 1. The van der Waals surface area contributed by atoms with Gasteiger partial charge in [-0.1, -0.05) is 91.0 Å². The molecule has 0 bridgehead atoms. The van der Waals surface area contributed by atoms with Crippen molar-refractivity contribution in [3.63, 3.8) is 0 Å². The minimum atomic E-state index is 1.21. The second-order valence-electron chi connectivity index (χ2n) is 8.67. The second-order valence-corrected chi connectivity index (χ2v) is 8.67. The summed E-state index contributed by atoms with van der Waals surface area (Å²) in [5.41, 5.74) is 5.01. The minimum Gasteiger partial charge on any atom is -0.309 e. The largest absolute Gasteiger partial charge is 0.309 e. The van der Waals surface area contributed by atoms with Crippen LogP contribution in [0.15, 0.2) is 109 Å². The Morgan fingerprint density at radius 2 is 1.03 bits per heavy atom. The van der Waals surface area contributed by atoms with Crippen molar-refractivity contribution in [2.24, 2.45) is 0 Å². The summed E-state index contributed by atoms with van der Waals surface area (Å²) in [4.78, 5) is 0. The van der Waals surface area contributed by atoms with Crippen molar-refractivity contribution in [1.82, 2.24) is 4.57 Å². The molecule has 6 aromatic carbocycles. The fourth-order valence-corrected chi connectivity index (χ4v) is 5.48. The predicted molar refractivity (Wildman–Crippen MR) is 138 cm³/mol. The molecule has 0 radical (unpaired) electrons. The van der Waals surface area contributed by atoms with Crippen molar-refractivity contribution in [3.05, 3.63) is 115 Å². The van der Waals surface area contributed by atoms with Crippen molar-refractivity contribution < 1.29 is 0 Å².